The van der Waals surface area contributed by atoms with Crippen LogP contribution in [0.3, 0.4) is 0 Å². The van der Waals surface area contributed by atoms with Crippen LogP contribution in [-0.4, -0.2) is 38.6 Å². The number of aromatic nitrogens is 2. The van der Waals surface area contributed by atoms with E-state index in [2.05, 4.69) is 5.32 Å². The van der Waals surface area contributed by atoms with Gasteiger partial charge in [0.2, 0.25) is 11.8 Å². The lowest BCUT2D eigenvalue weighted by Crippen LogP contribution is -2.34. The number of aryl methyl sites for hydroxylation is 1. The van der Waals surface area contributed by atoms with Crippen molar-refractivity contribution in [3.05, 3.63) is 86.3 Å². The Labute approximate surface area is 221 Å². The Morgan fingerprint density at radius 3 is 2.70 bits per heavy atom. The van der Waals surface area contributed by atoms with E-state index in [1.807, 2.05) is 30.3 Å². The van der Waals surface area contributed by atoms with Crippen molar-refractivity contribution in [2.75, 3.05) is 17.6 Å². The first kappa shape index (κ1) is 25.2. The third kappa shape index (κ3) is 5.30. The van der Waals surface area contributed by atoms with Crippen LogP contribution < -0.4 is 10.9 Å². The highest BCUT2D eigenvalue weighted by molar-refractivity contribution is 7.99. The van der Waals surface area contributed by atoms with Crippen molar-refractivity contribution in [3.8, 4) is 0 Å². The van der Waals surface area contributed by atoms with Gasteiger partial charge in [0.15, 0.2) is 5.16 Å². The highest BCUT2D eigenvalue weighted by atomic mass is 32.2. The molecule has 3 heterocycles. The fourth-order valence-electron chi connectivity index (χ4n) is 4.34. The van der Waals surface area contributed by atoms with Crippen molar-refractivity contribution in [3.63, 3.8) is 0 Å². The molecular weight excluding hydrogens is 511 g/mol. The molecular formula is C27H25FN4O3S2. The molecule has 1 aliphatic rings. The number of halogens is 1. The fraction of sp³-hybridized carbons (Fsp3) is 0.259. The lowest BCUT2D eigenvalue weighted by Gasteiger charge is -2.25. The maximum absolute atomic E-state index is 13.9. The predicted octanol–water partition coefficient (Wildman–Crippen LogP) is 4.59. The van der Waals surface area contributed by atoms with Gasteiger partial charge >= 0.3 is 0 Å². The molecule has 2 aromatic carbocycles. The van der Waals surface area contributed by atoms with Crippen molar-refractivity contribution < 1.29 is 14.0 Å². The van der Waals surface area contributed by atoms with E-state index in [1.54, 1.807) is 35.4 Å². The summed E-state index contributed by atoms with van der Waals surface area (Å²) in [5, 5.41) is 3.75. The first-order valence-corrected chi connectivity index (χ1v) is 13.6. The standard InChI is InChI=1S/C27H25FN4O3S2/c1-16-8-9-19(12-21(16)28)29-23(34)15-36-27-30-25-24(20-10-11-31(17(2)33)14-22(20)37-25)26(35)32(27)13-18-6-4-3-5-7-18/h3-9,12H,10-11,13-15H2,1-2H3,(H,29,34). The molecule has 0 unspecified atom stereocenters. The molecule has 1 N–H and O–H groups in total. The molecule has 0 atom stereocenters. The van der Waals surface area contributed by atoms with Crippen molar-refractivity contribution in [2.45, 2.75) is 38.5 Å². The summed E-state index contributed by atoms with van der Waals surface area (Å²) in [7, 11) is 0. The van der Waals surface area contributed by atoms with Crippen LogP contribution in [0.25, 0.3) is 10.2 Å². The number of hydrogen-bond acceptors (Lipinski definition) is 6. The zero-order valence-electron chi connectivity index (χ0n) is 20.4. The lowest BCUT2D eigenvalue weighted by atomic mass is 10.1. The Balaban J connectivity index is 1.47. The summed E-state index contributed by atoms with van der Waals surface area (Å²) < 4.78 is 15.5. The average Bonchev–Trinajstić information content (AvgIpc) is 3.25. The molecule has 1 aliphatic heterocycles. The van der Waals surface area contributed by atoms with Crippen LogP contribution in [0.2, 0.25) is 0 Å². The molecule has 0 radical (unpaired) electrons. The zero-order valence-corrected chi connectivity index (χ0v) is 22.0. The van der Waals surface area contributed by atoms with Crippen LogP contribution in [-0.2, 0) is 29.1 Å². The molecule has 0 saturated heterocycles. The van der Waals surface area contributed by atoms with Gasteiger partial charge in [-0.2, -0.15) is 0 Å². The third-order valence-corrected chi connectivity index (χ3v) is 8.43. The van der Waals surface area contributed by atoms with Crippen molar-refractivity contribution >= 4 is 50.8 Å². The molecule has 7 nitrogen and oxygen atoms in total. The normalized spacial score (nSPS) is 13.0. The van der Waals surface area contributed by atoms with E-state index in [0.717, 1.165) is 16.0 Å². The van der Waals surface area contributed by atoms with Crippen LogP contribution in [0.15, 0.2) is 58.5 Å². The molecule has 0 saturated carbocycles. The number of thiophene rings is 1. The Kier molecular flexibility index (Phi) is 7.12. The van der Waals surface area contributed by atoms with Crippen LogP contribution in [0.5, 0.6) is 0 Å². The second kappa shape index (κ2) is 10.5. The Bertz CT molecular complexity index is 1570. The highest BCUT2D eigenvalue weighted by Gasteiger charge is 2.26. The molecule has 0 spiro atoms. The van der Waals surface area contributed by atoms with Gasteiger partial charge in [-0.15, -0.1) is 11.3 Å². The molecule has 0 fully saturated rings. The zero-order chi connectivity index (χ0) is 26.1. The molecule has 190 valence electrons. The van der Waals surface area contributed by atoms with Crippen LogP contribution in [0.4, 0.5) is 10.1 Å². The van der Waals surface area contributed by atoms with E-state index >= 15 is 0 Å². The second-order valence-electron chi connectivity index (χ2n) is 8.95. The lowest BCUT2D eigenvalue weighted by molar-refractivity contribution is -0.129. The number of rotatable bonds is 6. The van der Waals surface area contributed by atoms with Crippen molar-refractivity contribution in [1.82, 2.24) is 14.5 Å². The van der Waals surface area contributed by atoms with Gasteiger partial charge < -0.3 is 10.2 Å². The number of nitrogens with zero attached hydrogens (tertiary/aromatic N) is 3. The number of anilines is 1. The molecule has 10 heteroatoms. The first-order valence-electron chi connectivity index (χ1n) is 11.8. The van der Waals surface area contributed by atoms with Crippen LogP contribution >= 0.6 is 23.1 Å². The first-order chi connectivity index (χ1) is 17.8. The van der Waals surface area contributed by atoms with E-state index in [-0.39, 0.29) is 28.9 Å². The van der Waals surface area contributed by atoms with Gasteiger partial charge in [-0.25, -0.2) is 9.37 Å². The highest BCUT2D eigenvalue weighted by Crippen LogP contribution is 2.34. The summed E-state index contributed by atoms with van der Waals surface area (Å²) in [6.07, 6.45) is 0.610. The molecule has 4 aromatic rings. The van der Waals surface area contributed by atoms with E-state index in [4.69, 9.17) is 4.98 Å². The summed E-state index contributed by atoms with van der Waals surface area (Å²) >= 11 is 2.60. The van der Waals surface area contributed by atoms with Gasteiger partial charge in [0.25, 0.3) is 5.56 Å². The van der Waals surface area contributed by atoms with Crippen molar-refractivity contribution in [1.29, 1.82) is 0 Å². The number of nitrogens with one attached hydrogen (secondary N) is 1. The SMILES string of the molecule is CC(=O)N1CCc2c(sc3nc(SCC(=O)Nc4ccc(C)c(F)c4)n(Cc4ccccc4)c(=O)c23)C1. The van der Waals surface area contributed by atoms with E-state index < -0.39 is 0 Å². The van der Waals surface area contributed by atoms with E-state index in [9.17, 15) is 18.8 Å². The maximum atomic E-state index is 13.9. The summed E-state index contributed by atoms with van der Waals surface area (Å²) in [5.74, 6) is -0.699. The number of thioether (sulfide) groups is 1. The van der Waals surface area contributed by atoms with Gasteiger partial charge in [-0.1, -0.05) is 48.2 Å². The summed E-state index contributed by atoms with van der Waals surface area (Å²) in [6.45, 7) is 4.57. The number of benzene rings is 2. The maximum Gasteiger partial charge on any atom is 0.263 e. The minimum atomic E-state index is -0.390. The number of carbonyl (C=O) groups excluding carboxylic acids is 2. The van der Waals surface area contributed by atoms with Gasteiger partial charge in [0.05, 0.1) is 24.2 Å². The topological polar surface area (TPSA) is 84.3 Å². The van der Waals surface area contributed by atoms with Gasteiger partial charge in [0, 0.05) is 24.0 Å². The molecule has 0 aliphatic carbocycles. The van der Waals surface area contributed by atoms with Gasteiger partial charge in [-0.05, 0) is 42.2 Å². The fourth-order valence-corrected chi connectivity index (χ4v) is 6.41. The average molecular weight is 537 g/mol. The van der Waals surface area contributed by atoms with Gasteiger partial charge in [-0.3, -0.25) is 19.0 Å². The molecule has 5 rings (SSSR count). The quantitative estimate of drug-likeness (QED) is 0.288. The summed E-state index contributed by atoms with van der Waals surface area (Å²) in [6, 6.07) is 14.2. The monoisotopic (exact) mass is 536 g/mol. The number of amides is 2. The Morgan fingerprint density at radius 2 is 1.97 bits per heavy atom. The Hall–Kier alpha value is -3.50. The van der Waals surface area contributed by atoms with Gasteiger partial charge in [0.1, 0.15) is 10.6 Å². The number of carbonyl (C=O) groups is 2. The summed E-state index contributed by atoms with van der Waals surface area (Å²) in [4.78, 5) is 46.5. The molecule has 2 amide bonds. The minimum Gasteiger partial charge on any atom is -0.337 e. The summed E-state index contributed by atoms with van der Waals surface area (Å²) in [5.41, 5.74) is 2.64. The second-order valence-corrected chi connectivity index (χ2v) is 11.0. The van der Waals surface area contributed by atoms with Crippen molar-refractivity contribution in [2.24, 2.45) is 0 Å². The smallest absolute Gasteiger partial charge is 0.263 e. The molecule has 2 aromatic heterocycles. The number of hydrogen-bond donors (Lipinski definition) is 1. The molecule has 37 heavy (non-hydrogen) atoms. The number of fused-ring (bicyclic) bond motifs is 3. The van der Waals surface area contributed by atoms with Crippen LogP contribution in [0, 0.1) is 12.7 Å². The third-order valence-electron chi connectivity index (χ3n) is 6.34. The minimum absolute atomic E-state index is 0.00539. The van der Waals surface area contributed by atoms with Crippen LogP contribution in [0.1, 0.15) is 28.5 Å². The van der Waals surface area contributed by atoms with E-state index in [0.29, 0.717) is 52.7 Å². The molecule has 0 bridgehead atoms. The predicted molar refractivity (Wildman–Crippen MR) is 145 cm³/mol. The largest absolute Gasteiger partial charge is 0.337 e. The van der Waals surface area contributed by atoms with E-state index in [1.165, 1.54) is 29.2 Å². The Morgan fingerprint density at radius 1 is 1.19 bits per heavy atom.